The summed E-state index contributed by atoms with van der Waals surface area (Å²) in [5, 5.41) is 11.4. The van der Waals surface area contributed by atoms with Crippen molar-refractivity contribution in [3.63, 3.8) is 0 Å². The van der Waals surface area contributed by atoms with Crippen molar-refractivity contribution in [2.24, 2.45) is 0 Å². The van der Waals surface area contributed by atoms with E-state index in [1.165, 1.54) is 0 Å². The molecule has 0 saturated heterocycles. The Balaban J connectivity index is 2.08. The largest absolute Gasteiger partial charge is 0.391 e. The Morgan fingerprint density at radius 1 is 1.29 bits per heavy atom. The van der Waals surface area contributed by atoms with Gasteiger partial charge in [-0.1, -0.05) is 6.92 Å². The zero-order chi connectivity index (χ0) is 14.8. The van der Waals surface area contributed by atoms with E-state index in [1.54, 1.807) is 11.3 Å². The number of aromatic nitrogens is 3. The minimum Gasteiger partial charge on any atom is -0.391 e. The zero-order valence-electron chi connectivity index (χ0n) is 12.1. The number of thiophene rings is 1. The number of nitrogens with one attached hydrogen (secondary N) is 1. The minimum absolute atomic E-state index is 0.0522. The second-order valence-electron chi connectivity index (χ2n) is 4.86. The molecule has 0 radical (unpaired) electrons. The van der Waals surface area contributed by atoms with Gasteiger partial charge in [0.1, 0.15) is 5.82 Å². The van der Waals surface area contributed by atoms with E-state index in [2.05, 4.69) is 21.9 Å². The van der Waals surface area contributed by atoms with E-state index in [4.69, 9.17) is 0 Å². The summed E-state index contributed by atoms with van der Waals surface area (Å²) in [6.45, 7) is 4.10. The maximum Gasteiger partial charge on any atom is 0.139 e. The molecule has 0 aliphatic heterocycles. The molecule has 0 unspecified atom stereocenters. The lowest BCUT2D eigenvalue weighted by atomic mass is 10.1. The summed E-state index contributed by atoms with van der Waals surface area (Å²) in [7, 11) is 0. The van der Waals surface area contributed by atoms with Gasteiger partial charge >= 0.3 is 0 Å². The van der Waals surface area contributed by atoms with Gasteiger partial charge in [-0.05, 0) is 36.9 Å². The van der Waals surface area contributed by atoms with E-state index in [0.29, 0.717) is 0 Å². The number of hydrogen-bond acceptors (Lipinski definition) is 4. The van der Waals surface area contributed by atoms with Crippen LogP contribution in [-0.4, -0.2) is 20.1 Å². The molecule has 5 heteroatoms. The van der Waals surface area contributed by atoms with E-state index in [0.717, 1.165) is 45.3 Å². The van der Waals surface area contributed by atoms with E-state index in [9.17, 15) is 5.11 Å². The van der Waals surface area contributed by atoms with Crippen molar-refractivity contribution in [2.75, 3.05) is 0 Å². The number of aliphatic hydroxyl groups excluding tert-OH is 1. The molecule has 3 heterocycles. The van der Waals surface area contributed by atoms with Gasteiger partial charge in [-0.3, -0.25) is 4.98 Å². The molecule has 21 heavy (non-hydrogen) atoms. The lowest BCUT2D eigenvalue weighted by Crippen LogP contribution is -1.88. The molecule has 3 rings (SSSR count). The molecule has 0 aliphatic rings. The lowest BCUT2D eigenvalue weighted by molar-refractivity contribution is 0.286. The molecular weight excluding hydrogens is 282 g/mol. The second kappa shape index (κ2) is 5.79. The Kier molecular flexibility index (Phi) is 3.86. The highest BCUT2D eigenvalue weighted by molar-refractivity contribution is 7.10. The molecule has 0 aromatic carbocycles. The highest BCUT2D eigenvalue weighted by atomic mass is 32.1. The summed E-state index contributed by atoms with van der Waals surface area (Å²) in [5.41, 5.74) is 5.01. The third-order valence-electron chi connectivity index (χ3n) is 3.46. The average Bonchev–Trinajstić information content (AvgIpc) is 3.13. The van der Waals surface area contributed by atoms with E-state index in [1.807, 2.05) is 36.7 Å². The predicted octanol–water partition coefficient (Wildman–Crippen LogP) is 3.56. The Morgan fingerprint density at radius 3 is 2.81 bits per heavy atom. The van der Waals surface area contributed by atoms with Gasteiger partial charge in [-0.15, -0.1) is 11.3 Å². The number of aliphatic hydroxyl groups is 1. The van der Waals surface area contributed by atoms with Crippen molar-refractivity contribution in [2.45, 2.75) is 26.9 Å². The number of imidazole rings is 1. The van der Waals surface area contributed by atoms with Crippen molar-refractivity contribution in [1.82, 2.24) is 15.0 Å². The number of aromatic amines is 1. The average molecular weight is 299 g/mol. The predicted molar refractivity (Wildman–Crippen MR) is 85.2 cm³/mol. The van der Waals surface area contributed by atoms with Crippen LogP contribution in [0, 0.1) is 6.92 Å². The molecule has 3 aromatic heterocycles. The second-order valence-corrected chi connectivity index (χ2v) is 5.87. The fraction of sp³-hybridized carbons (Fsp3) is 0.250. The molecule has 0 saturated carbocycles. The summed E-state index contributed by atoms with van der Waals surface area (Å²) < 4.78 is 0. The molecule has 108 valence electrons. The summed E-state index contributed by atoms with van der Waals surface area (Å²) in [6, 6.07) is 6.03. The van der Waals surface area contributed by atoms with Gasteiger partial charge < -0.3 is 10.1 Å². The van der Waals surface area contributed by atoms with Crippen LogP contribution in [0.2, 0.25) is 0 Å². The maximum absolute atomic E-state index is 9.45. The van der Waals surface area contributed by atoms with Crippen LogP contribution in [0.5, 0.6) is 0 Å². The van der Waals surface area contributed by atoms with E-state index < -0.39 is 0 Å². The Bertz CT molecular complexity index is 743. The zero-order valence-corrected chi connectivity index (χ0v) is 12.9. The first kappa shape index (κ1) is 14.0. The molecule has 0 atom stereocenters. The highest BCUT2D eigenvalue weighted by Gasteiger charge is 2.15. The number of hydrogen-bond donors (Lipinski definition) is 2. The first-order chi connectivity index (χ1) is 10.2. The van der Waals surface area contributed by atoms with Crippen LogP contribution in [0.1, 0.15) is 23.2 Å². The molecule has 3 aromatic rings. The van der Waals surface area contributed by atoms with Gasteiger partial charge in [0.05, 0.1) is 18.0 Å². The SMILES string of the molecule is CCc1nc(-c2ccc(C)nc2)[nH]c1-c1ccsc1CO. The molecule has 0 aliphatic carbocycles. The fourth-order valence-corrected chi connectivity index (χ4v) is 3.06. The first-order valence-electron chi connectivity index (χ1n) is 6.92. The van der Waals surface area contributed by atoms with Crippen molar-refractivity contribution < 1.29 is 5.11 Å². The van der Waals surface area contributed by atoms with Crippen LogP contribution in [0.25, 0.3) is 22.6 Å². The standard InChI is InChI=1S/C16H17N3OS/c1-3-13-15(12-6-7-21-14(12)9-20)19-16(18-13)11-5-4-10(2)17-8-11/h4-8,20H,3,9H2,1-2H3,(H,18,19). The Morgan fingerprint density at radius 2 is 2.14 bits per heavy atom. The van der Waals surface area contributed by atoms with Gasteiger partial charge in [0.2, 0.25) is 0 Å². The van der Waals surface area contributed by atoms with E-state index in [-0.39, 0.29) is 6.61 Å². The summed E-state index contributed by atoms with van der Waals surface area (Å²) >= 11 is 1.56. The van der Waals surface area contributed by atoms with Gasteiger partial charge in [-0.2, -0.15) is 0 Å². The third-order valence-corrected chi connectivity index (χ3v) is 4.36. The molecular formula is C16H17N3OS. The van der Waals surface area contributed by atoms with Gasteiger partial charge in [0.15, 0.2) is 0 Å². The van der Waals surface area contributed by atoms with Crippen molar-refractivity contribution in [3.05, 3.63) is 46.0 Å². The van der Waals surface area contributed by atoms with Crippen LogP contribution in [0.4, 0.5) is 0 Å². The maximum atomic E-state index is 9.45. The topological polar surface area (TPSA) is 61.8 Å². The fourth-order valence-electron chi connectivity index (χ4n) is 2.32. The van der Waals surface area contributed by atoms with Gasteiger partial charge in [0.25, 0.3) is 0 Å². The van der Waals surface area contributed by atoms with Gasteiger partial charge in [-0.25, -0.2) is 4.98 Å². The van der Waals surface area contributed by atoms with Crippen LogP contribution >= 0.6 is 11.3 Å². The number of rotatable bonds is 4. The molecule has 0 fully saturated rings. The molecule has 0 amide bonds. The highest BCUT2D eigenvalue weighted by Crippen LogP contribution is 2.31. The van der Waals surface area contributed by atoms with Crippen LogP contribution < -0.4 is 0 Å². The van der Waals surface area contributed by atoms with Crippen LogP contribution in [-0.2, 0) is 13.0 Å². The Labute approximate surface area is 127 Å². The molecule has 0 bridgehead atoms. The molecule has 2 N–H and O–H groups in total. The van der Waals surface area contributed by atoms with Crippen molar-refractivity contribution in [3.8, 4) is 22.6 Å². The van der Waals surface area contributed by atoms with E-state index >= 15 is 0 Å². The number of aryl methyl sites for hydroxylation is 2. The molecule has 4 nitrogen and oxygen atoms in total. The number of nitrogens with zero attached hydrogens (tertiary/aromatic N) is 2. The summed E-state index contributed by atoms with van der Waals surface area (Å²) in [5.74, 6) is 0.824. The summed E-state index contributed by atoms with van der Waals surface area (Å²) in [6.07, 6.45) is 2.67. The van der Waals surface area contributed by atoms with Crippen LogP contribution in [0.3, 0.4) is 0 Å². The monoisotopic (exact) mass is 299 g/mol. The lowest BCUT2D eigenvalue weighted by Gasteiger charge is -2.00. The molecule has 0 spiro atoms. The van der Waals surface area contributed by atoms with Crippen molar-refractivity contribution in [1.29, 1.82) is 0 Å². The quantitative estimate of drug-likeness (QED) is 0.774. The first-order valence-corrected chi connectivity index (χ1v) is 7.80. The number of pyridine rings is 1. The van der Waals surface area contributed by atoms with Gasteiger partial charge in [0, 0.05) is 27.9 Å². The minimum atomic E-state index is 0.0522. The third kappa shape index (κ3) is 2.62. The number of H-pyrrole nitrogens is 1. The van der Waals surface area contributed by atoms with Crippen molar-refractivity contribution >= 4 is 11.3 Å². The Hall–Kier alpha value is -1.98. The van der Waals surface area contributed by atoms with Crippen LogP contribution in [0.15, 0.2) is 29.8 Å². The summed E-state index contributed by atoms with van der Waals surface area (Å²) in [4.78, 5) is 13.4. The smallest absolute Gasteiger partial charge is 0.139 e. The normalized spacial score (nSPS) is 11.0.